The maximum absolute atomic E-state index is 5.29. The van der Waals surface area contributed by atoms with Crippen LogP contribution in [0.1, 0.15) is 18.1 Å². The third-order valence-electron chi connectivity index (χ3n) is 1.90. The lowest BCUT2D eigenvalue weighted by Gasteiger charge is -2.04. The van der Waals surface area contributed by atoms with Crippen LogP contribution in [0.25, 0.3) is 0 Å². The molecule has 0 atom stereocenters. The molecule has 14 heavy (non-hydrogen) atoms. The topological polar surface area (TPSA) is 9.23 Å². The number of hydrogen-bond donors (Lipinski definition) is 0. The molecule has 0 unspecified atom stereocenters. The van der Waals surface area contributed by atoms with Gasteiger partial charge < -0.3 is 4.74 Å². The molecule has 0 aliphatic carbocycles. The fourth-order valence-electron chi connectivity index (χ4n) is 1.38. The van der Waals surface area contributed by atoms with Gasteiger partial charge >= 0.3 is 0 Å². The molecule has 0 aliphatic rings. The van der Waals surface area contributed by atoms with Crippen LogP contribution in [0.3, 0.4) is 0 Å². The van der Waals surface area contributed by atoms with E-state index >= 15 is 0 Å². The molecular formula is C12H18OS. The van der Waals surface area contributed by atoms with Crippen LogP contribution in [0.15, 0.2) is 23.1 Å². The Balaban J connectivity index is 2.42. The summed E-state index contributed by atoms with van der Waals surface area (Å²) in [6.07, 6.45) is 0. The molecule has 0 aliphatic heterocycles. The molecule has 78 valence electrons. The normalized spacial score (nSPS) is 10.5. The van der Waals surface area contributed by atoms with Crippen molar-refractivity contribution in [2.24, 2.45) is 0 Å². The van der Waals surface area contributed by atoms with E-state index in [2.05, 4.69) is 32.0 Å². The van der Waals surface area contributed by atoms with Crippen LogP contribution in [0.5, 0.6) is 0 Å². The molecule has 1 nitrogen and oxygen atoms in total. The minimum absolute atomic E-state index is 0.813. The van der Waals surface area contributed by atoms with Crippen LogP contribution in [0.4, 0.5) is 0 Å². The van der Waals surface area contributed by atoms with Crippen LogP contribution >= 0.6 is 11.8 Å². The van der Waals surface area contributed by atoms with E-state index in [0.717, 1.165) is 19.0 Å². The first-order valence-electron chi connectivity index (χ1n) is 5.01. The quantitative estimate of drug-likeness (QED) is 0.544. The number of hydrogen-bond acceptors (Lipinski definition) is 2. The lowest BCUT2D eigenvalue weighted by molar-refractivity contribution is 0.164. The number of benzene rings is 1. The molecule has 1 rings (SSSR count). The molecule has 0 radical (unpaired) electrons. The van der Waals surface area contributed by atoms with Gasteiger partial charge in [0.05, 0.1) is 6.61 Å². The molecule has 0 N–H and O–H groups in total. The summed E-state index contributed by atoms with van der Waals surface area (Å²) in [6.45, 7) is 7.96. The Labute approximate surface area is 90.9 Å². The highest BCUT2D eigenvalue weighted by molar-refractivity contribution is 7.99. The third-order valence-corrected chi connectivity index (χ3v) is 2.84. The average molecular weight is 210 g/mol. The predicted octanol–water partition coefficient (Wildman–Crippen LogP) is 3.43. The van der Waals surface area contributed by atoms with E-state index in [1.54, 1.807) is 0 Å². The van der Waals surface area contributed by atoms with E-state index in [9.17, 15) is 0 Å². The Morgan fingerprint density at radius 3 is 2.36 bits per heavy atom. The molecule has 0 fully saturated rings. The van der Waals surface area contributed by atoms with Crippen molar-refractivity contribution in [3.63, 3.8) is 0 Å². The zero-order chi connectivity index (χ0) is 10.4. The Kier molecular flexibility index (Phi) is 5.05. The summed E-state index contributed by atoms with van der Waals surface area (Å²) in [5.41, 5.74) is 2.67. The van der Waals surface area contributed by atoms with E-state index in [4.69, 9.17) is 4.74 Å². The minimum atomic E-state index is 0.813. The fourth-order valence-corrected chi connectivity index (χ4v) is 2.35. The molecule has 0 heterocycles. The van der Waals surface area contributed by atoms with Crippen molar-refractivity contribution >= 4 is 11.8 Å². The molecule has 1 aromatic rings. The highest BCUT2D eigenvalue weighted by Crippen LogP contribution is 2.20. The molecule has 0 amide bonds. The van der Waals surface area contributed by atoms with Gasteiger partial charge in [-0.15, -0.1) is 11.8 Å². The van der Waals surface area contributed by atoms with Gasteiger partial charge in [-0.3, -0.25) is 0 Å². The standard InChI is InChI=1S/C12H18OS/c1-4-13-5-6-14-12-8-10(2)7-11(3)9-12/h7-9H,4-6H2,1-3H3. The highest BCUT2D eigenvalue weighted by atomic mass is 32.2. The largest absolute Gasteiger partial charge is 0.381 e. The Bertz CT molecular complexity index is 263. The zero-order valence-electron chi connectivity index (χ0n) is 9.17. The van der Waals surface area contributed by atoms with Crippen molar-refractivity contribution in [2.45, 2.75) is 25.7 Å². The van der Waals surface area contributed by atoms with Crippen molar-refractivity contribution in [1.82, 2.24) is 0 Å². The molecule has 2 heteroatoms. The monoisotopic (exact) mass is 210 g/mol. The van der Waals surface area contributed by atoms with Crippen molar-refractivity contribution < 1.29 is 4.74 Å². The van der Waals surface area contributed by atoms with Gasteiger partial charge in [-0.1, -0.05) is 6.07 Å². The molecule has 0 saturated heterocycles. The van der Waals surface area contributed by atoms with Gasteiger partial charge in [0.1, 0.15) is 0 Å². The van der Waals surface area contributed by atoms with Gasteiger partial charge in [-0.25, -0.2) is 0 Å². The Morgan fingerprint density at radius 2 is 1.79 bits per heavy atom. The van der Waals surface area contributed by atoms with Gasteiger partial charge in [0.2, 0.25) is 0 Å². The van der Waals surface area contributed by atoms with Gasteiger partial charge in [0.15, 0.2) is 0 Å². The third kappa shape index (κ3) is 4.16. The van der Waals surface area contributed by atoms with E-state index in [0.29, 0.717) is 0 Å². The van der Waals surface area contributed by atoms with Crippen LogP contribution in [0.2, 0.25) is 0 Å². The summed E-state index contributed by atoms with van der Waals surface area (Å²) in [4.78, 5) is 1.35. The maximum atomic E-state index is 5.29. The van der Waals surface area contributed by atoms with E-state index < -0.39 is 0 Å². The average Bonchev–Trinajstić information content (AvgIpc) is 2.11. The van der Waals surface area contributed by atoms with E-state index in [1.807, 2.05) is 18.7 Å². The lowest BCUT2D eigenvalue weighted by atomic mass is 10.2. The Morgan fingerprint density at radius 1 is 1.14 bits per heavy atom. The number of ether oxygens (including phenoxy) is 1. The second kappa shape index (κ2) is 6.10. The molecule has 0 spiro atoms. The molecule has 0 bridgehead atoms. The van der Waals surface area contributed by atoms with Gasteiger partial charge in [0.25, 0.3) is 0 Å². The zero-order valence-corrected chi connectivity index (χ0v) is 9.99. The van der Waals surface area contributed by atoms with Crippen LogP contribution in [-0.4, -0.2) is 19.0 Å². The highest BCUT2D eigenvalue weighted by Gasteiger charge is 1.96. The van der Waals surface area contributed by atoms with E-state index in [-0.39, 0.29) is 0 Å². The summed E-state index contributed by atoms with van der Waals surface area (Å²) in [7, 11) is 0. The first kappa shape index (κ1) is 11.6. The van der Waals surface area contributed by atoms with E-state index in [1.165, 1.54) is 16.0 Å². The number of thioether (sulfide) groups is 1. The molecule has 0 aromatic heterocycles. The lowest BCUT2D eigenvalue weighted by Crippen LogP contribution is -1.95. The Hall–Kier alpha value is -0.470. The van der Waals surface area contributed by atoms with Crippen LogP contribution < -0.4 is 0 Å². The summed E-state index contributed by atoms with van der Waals surface area (Å²) < 4.78 is 5.29. The summed E-state index contributed by atoms with van der Waals surface area (Å²) in [5, 5.41) is 0. The van der Waals surface area contributed by atoms with Crippen molar-refractivity contribution in [3.05, 3.63) is 29.3 Å². The number of rotatable bonds is 5. The fraction of sp³-hybridized carbons (Fsp3) is 0.500. The smallest absolute Gasteiger partial charge is 0.0560 e. The molecule has 0 saturated carbocycles. The van der Waals surface area contributed by atoms with Crippen LogP contribution in [-0.2, 0) is 4.74 Å². The summed E-state index contributed by atoms with van der Waals surface area (Å²) in [5.74, 6) is 1.04. The maximum Gasteiger partial charge on any atom is 0.0560 e. The molecular weight excluding hydrogens is 192 g/mol. The number of aryl methyl sites for hydroxylation is 2. The summed E-state index contributed by atoms with van der Waals surface area (Å²) >= 11 is 1.86. The summed E-state index contributed by atoms with van der Waals surface area (Å²) in [6, 6.07) is 6.65. The van der Waals surface area contributed by atoms with Crippen molar-refractivity contribution in [1.29, 1.82) is 0 Å². The second-order valence-corrected chi connectivity index (χ2v) is 4.54. The predicted molar refractivity (Wildman–Crippen MR) is 63.1 cm³/mol. The van der Waals surface area contributed by atoms with Crippen molar-refractivity contribution in [2.75, 3.05) is 19.0 Å². The first-order valence-corrected chi connectivity index (χ1v) is 5.99. The first-order chi connectivity index (χ1) is 6.72. The van der Waals surface area contributed by atoms with Gasteiger partial charge in [-0.2, -0.15) is 0 Å². The second-order valence-electron chi connectivity index (χ2n) is 3.37. The molecule has 1 aromatic carbocycles. The van der Waals surface area contributed by atoms with Crippen LogP contribution in [0, 0.1) is 13.8 Å². The van der Waals surface area contributed by atoms with Crippen molar-refractivity contribution in [3.8, 4) is 0 Å². The minimum Gasteiger partial charge on any atom is -0.381 e. The van der Waals surface area contributed by atoms with Gasteiger partial charge in [0, 0.05) is 17.3 Å². The van der Waals surface area contributed by atoms with Gasteiger partial charge in [-0.05, 0) is 44.0 Å². The SMILES string of the molecule is CCOCCSc1cc(C)cc(C)c1.